The van der Waals surface area contributed by atoms with Crippen LogP contribution in [0.25, 0.3) is 0 Å². The predicted molar refractivity (Wildman–Crippen MR) is 126 cm³/mol. The van der Waals surface area contributed by atoms with E-state index in [1.807, 2.05) is 13.0 Å². The summed E-state index contributed by atoms with van der Waals surface area (Å²) in [4.78, 5) is 12.8. The van der Waals surface area contributed by atoms with Crippen molar-refractivity contribution in [3.8, 4) is 11.5 Å². The number of hydrogen-bond acceptors (Lipinski definition) is 5. The number of aryl methyl sites for hydroxylation is 2. The minimum atomic E-state index is -3.87. The van der Waals surface area contributed by atoms with Crippen LogP contribution in [0.15, 0.2) is 59.5 Å². The number of sulfonamides is 1. The number of ether oxygens (including phenoxy) is 2. The van der Waals surface area contributed by atoms with E-state index in [9.17, 15) is 13.2 Å². The Morgan fingerprint density at radius 3 is 2.34 bits per heavy atom. The Hall–Kier alpha value is -3.23. The van der Waals surface area contributed by atoms with Gasteiger partial charge in [0.25, 0.3) is 15.9 Å². The molecule has 0 spiro atoms. The molecule has 0 fully saturated rings. The van der Waals surface area contributed by atoms with Gasteiger partial charge in [-0.05, 0) is 61.4 Å². The topological polar surface area (TPSA) is 93.7 Å². The van der Waals surface area contributed by atoms with Gasteiger partial charge in [-0.15, -0.1) is 0 Å². The summed E-state index contributed by atoms with van der Waals surface area (Å²) >= 11 is 6.18. The summed E-state index contributed by atoms with van der Waals surface area (Å²) in [6.45, 7) is 3.56. The molecule has 3 aromatic carbocycles. The summed E-state index contributed by atoms with van der Waals surface area (Å²) in [5.74, 6) is 0.142. The second kappa shape index (κ2) is 9.50. The van der Waals surface area contributed by atoms with Crippen molar-refractivity contribution < 1.29 is 22.7 Å². The molecule has 0 aliphatic rings. The standard InChI is InChI=1S/C23H23ClN2O5S/c1-14-6-5-7-18(10-14)26-32(28,29)21-13-17(9-8-15(21)2)25-23(27)16-11-19(24)22(31-4)20(12-16)30-3/h5-13,26H,1-4H3,(H,25,27). The van der Waals surface area contributed by atoms with Gasteiger partial charge >= 0.3 is 0 Å². The Kier molecular flexibility index (Phi) is 6.96. The number of methoxy groups -OCH3 is 2. The molecule has 0 bridgehead atoms. The minimum Gasteiger partial charge on any atom is -0.493 e. The quantitative estimate of drug-likeness (QED) is 0.501. The van der Waals surface area contributed by atoms with E-state index in [4.69, 9.17) is 21.1 Å². The molecular formula is C23H23ClN2O5S. The molecule has 0 radical (unpaired) electrons. The number of halogens is 1. The fraction of sp³-hybridized carbons (Fsp3) is 0.174. The smallest absolute Gasteiger partial charge is 0.262 e. The van der Waals surface area contributed by atoms with Gasteiger partial charge in [-0.2, -0.15) is 0 Å². The molecule has 0 atom stereocenters. The number of amides is 1. The first kappa shape index (κ1) is 23.4. The SMILES string of the molecule is COc1cc(C(=O)Nc2ccc(C)c(S(=O)(=O)Nc3cccc(C)c3)c2)cc(Cl)c1OC. The van der Waals surface area contributed by atoms with Gasteiger partial charge in [0.2, 0.25) is 0 Å². The molecule has 0 saturated heterocycles. The molecule has 0 saturated carbocycles. The number of nitrogens with one attached hydrogen (secondary N) is 2. The molecule has 0 aliphatic carbocycles. The maximum Gasteiger partial charge on any atom is 0.262 e. The van der Waals surface area contributed by atoms with E-state index in [1.165, 1.54) is 32.4 Å². The zero-order valence-electron chi connectivity index (χ0n) is 18.0. The Bertz CT molecular complexity index is 1280. The van der Waals surface area contributed by atoms with Gasteiger partial charge in [-0.3, -0.25) is 9.52 Å². The van der Waals surface area contributed by atoms with Crippen LogP contribution in [0.4, 0.5) is 11.4 Å². The molecule has 0 aromatic heterocycles. The molecule has 0 heterocycles. The lowest BCUT2D eigenvalue weighted by Gasteiger charge is -2.14. The van der Waals surface area contributed by atoms with Crippen LogP contribution in [0, 0.1) is 13.8 Å². The van der Waals surface area contributed by atoms with Crippen LogP contribution in [0.5, 0.6) is 11.5 Å². The number of carbonyl (C=O) groups is 1. The van der Waals surface area contributed by atoms with Gasteiger partial charge in [-0.1, -0.05) is 29.8 Å². The summed E-state index contributed by atoms with van der Waals surface area (Å²) in [7, 11) is -0.983. The lowest BCUT2D eigenvalue weighted by molar-refractivity contribution is 0.102. The molecule has 7 nitrogen and oxygen atoms in total. The van der Waals surface area contributed by atoms with E-state index in [-0.39, 0.29) is 15.5 Å². The molecule has 2 N–H and O–H groups in total. The van der Waals surface area contributed by atoms with Gasteiger partial charge in [0, 0.05) is 16.9 Å². The molecule has 9 heteroatoms. The Morgan fingerprint density at radius 2 is 1.69 bits per heavy atom. The summed E-state index contributed by atoms with van der Waals surface area (Å²) in [6.07, 6.45) is 0. The van der Waals surface area contributed by atoms with Gasteiger partial charge in [0.05, 0.1) is 24.1 Å². The van der Waals surface area contributed by atoms with Crippen molar-refractivity contribution >= 4 is 38.9 Å². The highest BCUT2D eigenvalue weighted by atomic mass is 35.5. The fourth-order valence-electron chi connectivity index (χ4n) is 3.14. The Balaban J connectivity index is 1.89. The number of carbonyl (C=O) groups excluding carboxylic acids is 1. The fourth-order valence-corrected chi connectivity index (χ4v) is 4.75. The van der Waals surface area contributed by atoms with Crippen LogP contribution in [-0.2, 0) is 10.0 Å². The zero-order valence-corrected chi connectivity index (χ0v) is 19.6. The lowest BCUT2D eigenvalue weighted by Crippen LogP contribution is -2.16. The zero-order chi connectivity index (χ0) is 23.5. The predicted octanol–water partition coefficient (Wildman–Crippen LogP) is 5.03. The number of benzene rings is 3. The van der Waals surface area contributed by atoms with Gasteiger partial charge < -0.3 is 14.8 Å². The van der Waals surface area contributed by atoms with Gasteiger partial charge in [0.1, 0.15) is 0 Å². The number of anilines is 2. The van der Waals surface area contributed by atoms with Crippen molar-refractivity contribution in [2.75, 3.05) is 24.3 Å². The monoisotopic (exact) mass is 474 g/mol. The Labute approximate surface area is 192 Å². The molecule has 1 amide bonds. The summed E-state index contributed by atoms with van der Waals surface area (Å²) in [6, 6.07) is 14.7. The third-order valence-corrected chi connectivity index (χ3v) is 6.51. The second-order valence-corrected chi connectivity index (χ2v) is 9.16. The van der Waals surface area contributed by atoms with Crippen molar-refractivity contribution in [3.63, 3.8) is 0 Å². The van der Waals surface area contributed by atoms with Crippen LogP contribution >= 0.6 is 11.6 Å². The van der Waals surface area contributed by atoms with E-state index in [1.54, 1.807) is 37.3 Å². The van der Waals surface area contributed by atoms with Crippen molar-refractivity contribution in [2.24, 2.45) is 0 Å². The van der Waals surface area contributed by atoms with Crippen LogP contribution < -0.4 is 19.5 Å². The maximum absolute atomic E-state index is 13.0. The van der Waals surface area contributed by atoms with E-state index < -0.39 is 15.9 Å². The summed E-state index contributed by atoms with van der Waals surface area (Å²) in [5.41, 5.74) is 2.47. The first-order valence-corrected chi connectivity index (χ1v) is 11.4. The molecule has 3 aromatic rings. The number of hydrogen-bond donors (Lipinski definition) is 2. The van der Waals surface area contributed by atoms with E-state index in [0.29, 0.717) is 28.4 Å². The van der Waals surface area contributed by atoms with Gasteiger partial charge in [-0.25, -0.2) is 8.42 Å². The normalized spacial score (nSPS) is 11.0. The van der Waals surface area contributed by atoms with E-state index >= 15 is 0 Å². The second-order valence-electron chi connectivity index (χ2n) is 7.10. The highest BCUT2D eigenvalue weighted by molar-refractivity contribution is 7.92. The average molecular weight is 475 g/mol. The van der Waals surface area contributed by atoms with E-state index in [2.05, 4.69) is 10.0 Å². The highest BCUT2D eigenvalue weighted by Crippen LogP contribution is 2.36. The maximum atomic E-state index is 13.0. The summed E-state index contributed by atoms with van der Waals surface area (Å²) < 4.78 is 38.9. The van der Waals surface area contributed by atoms with Crippen molar-refractivity contribution in [1.82, 2.24) is 0 Å². The van der Waals surface area contributed by atoms with Crippen LogP contribution in [0.3, 0.4) is 0 Å². The minimum absolute atomic E-state index is 0.0575. The lowest BCUT2D eigenvalue weighted by atomic mass is 10.1. The molecule has 0 unspecified atom stereocenters. The summed E-state index contributed by atoms with van der Waals surface area (Å²) in [5, 5.41) is 2.92. The van der Waals surface area contributed by atoms with Crippen molar-refractivity contribution in [1.29, 1.82) is 0 Å². The van der Waals surface area contributed by atoms with E-state index in [0.717, 1.165) is 5.56 Å². The molecule has 3 rings (SSSR count). The first-order chi connectivity index (χ1) is 15.1. The van der Waals surface area contributed by atoms with Crippen molar-refractivity contribution in [2.45, 2.75) is 18.7 Å². The van der Waals surface area contributed by atoms with Crippen molar-refractivity contribution in [3.05, 3.63) is 76.3 Å². The van der Waals surface area contributed by atoms with Crippen LogP contribution in [0.2, 0.25) is 5.02 Å². The van der Waals surface area contributed by atoms with Crippen LogP contribution in [-0.4, -0.2) is 28.5 Å². The highest BCUT2D eigenvalue weighted by Gasteiger charge is 2.20. The third-order valence-electron chi connectivity index (χ3n) is 4.70. The molecule has 32 heavy (non-hydrogen) atoms. The average Bonchev–Trinajstić information content (AvgIpc) is 2.74. The third kappa shape index (κ3) is 5.15. The van der Waals surface area contributed by atoms with Crippen LogP contribution in [0.1, 0.15) is 21.5 Å². The molecule has 168 valence electrons. The Morgan fingerprint density at radius 1 is 0.938 bits per heavy atom. The molecular weight excluding hydrogens is 452 g/mol. The largest absolute Gasteiger partial charge is 0.493 e. The number of rotatable bonds is 7. The molecule has 0 aliphatic heterocycles. The first-order valence-electron chi connectivity index (χ1n) is 9.57. The van der Waals surface area contributed by atoms with Gasteiger partial charge in [0.15, 0.2) is 11.5 Å².